The minimum absolute atomic E-state index is 0.0179. The van der Waals surface area contributed by atoms with E-state index in [2.05, 4.69) is 25.2 Å². The maximum atomic E-state index is 13.4. The molecule has 3 rings (SSSR count). The largest absolute Gasteiger partial charge is 0.460 e. The van der Waals surface area contributed by atoms with E-state index in [0.717, 1.165) is 24.1 Å². The Morgan fingerprint density at radius 2 is 1.91 bits per heavy atom. The molecule has 1 N–H and O–H groups in total. The lowest BCUT2D eigenvalue weighted by Crippen LogP contribution is -2.54. The van der Waals surface area contributed by atoms with Gasteiger partial charge in [-0.1, -0.05) is 35.4 Å². The van der Waals surface area contributed by atoms with E-state index < -0.39 is 23.6 Å². The van der Waals surface area contributed by atoms with Gasteiger partial charge in [0.05, 0.1) is 17.9 Å². The van der Waals surface area contributed by atoms with Gasteiger partial charge in [0.15, 0.2) is 0 Å². The number of allylic oxidation sites excluding steroid dienone is 3. The highest BCUT2D eigenvalue weighted by molar-refractivity contribution is 5.94. The third kappa shape index (κ3) is 5.67. The Hall–Kier alpha value is -2.89. The van der Waals surface area contributed by atoms with Gasteiger partial charge in [-0.3, -0.25) is 14.4 Å². The summed E-state index contributed by atoms with van der Waals surface area (Å²) < 4.78 is 11.3. The van der Waals surface area contributed by atoms with E-state index in [1.807, 2.05) is 43.3 Å². The molecule has 1 saturated carbocycles. The second-order valence-corrected chi connectivity index (χ2v) is 9.17. The topological polar surface area (TPSA) is 81.7 Å². The van der Waals surface area contributed by atoms with E-state index in [-0.39, 0.29) is 37.1 Å². The zero-order valence-electron chi connectivity index (χ0n) is 19.4. The van der Waals surface area contributed by atoms with Crippen LogP contribution < -0.4 is 5.32 Å². The molecule has 1 aromatic rings. The summed E-state index contributed by atoms with van der Waals surface area (Å²) in [7, 11) is 0. The quantitative estimate of drug-likeness (QED) is 0.487. The zero-order valence-corrected chi connectivity index (χ0v) is 19.4. The first kappa shape index (κ1) is 23.8. The SMILES string of the molecule is CC(=O)O[C@H]1C[C@]2(CC(=O)O[C@@H]2/C=C(\C)CCC=C(C)C)C(=O)C[C@H]1Nc1ccccc1. The molecule has 1 saturated heterocycles. The van der Waals surface area contributed by atoms with Gasteiger partial charge >= 0.3 is 11.9 Å². The number of nitrogens with one attached hydrogen (secondary N) is 1. The Bertz CT molecular complexity index is 915. The number of rotatable bonds is 7. The lowest BCUT2D eigenvalue weighted by molar-refractivity contribution is -0.156. The van der Waals surface area contributed by atoms with Gasteiger partial charge in [-0.15, -0.1) is 0 Å². The molecular weight excluding hydrogens is 406 g/mol. The lowest BCUT2D eigenvalue weighted by atomic mass is 9.65. The molecular formula is C26H33NO5. The third-order valence-electron chi connectivity index (χ3n) is 6.21. The van der Waals surface area contributed by atoms with Crippen LogP contribution in [0.4, 0.5) is 5.69 Å². The van der Waals surface area contributed by atoms with Crippen LogP contribution in [0.2, 0.25) is 0 Å². The molecule has 1 aliphatic carbocycles. The standard InChI is InChI=1S/C26H33NO5/c1-17(2)9-8-10-18(3)13-24-26(16-25(30)32-24)15-22(31-19(4)28)21(14-23(26)29)27-20-11-6-5-7-12-20/h5-7,9,11-13,21-22,24,27H,8,10,14-16H2,1-4H3/b18-13+/t21-,22+,24-,26+/m1/s1. The van der Waals surface area contributed by atoms with E-state index in [4.69, 9.17) is 9.47 Å². The number of benzene rings is 1. The Morgan fingerprint density at radius 3 is 2.56 bits per heavy atom. The number of carbonyl (C=O) groups excluding carboxylic acids is 3. The Labute approximate surface area is 190 Å². The van der Waals surface area contributed by atoms with Crippen molar-refractivity contribution in [2.45, 2.75) is 78.0 Å². The van der Waals surface area contributed by atoms with Crippen molar-refractivity contribution >= 4 is 23.4 Å². The summed E-state index contributed by atoms with van der Waals surface area (Å²) in [6, 6.07) is 9.16. The highest BCUT2D eigenvalue weighted by atomic mass is 16.6. The Balaban J connectivity index is 1.84. The summed E-state index contributed by atoms with van der Waals surface area (Å²) in [5, 5.41) is 3.33. The second-order valence-electron chi connectivity index (χ2n) is 9.17. The van der Waals surface area contributed by atoms with Crippen molar-refractivity contribution < 1.29 is 23.9 Å². The number of esters is 2. The molecule has 32 heavy (non-hydrogen) atoms. The van der Waals surface area contributed by atoms with Gasteiger partial charge in [0.25, 0.3) is 0 Å². The number of hydrogen-bond donors (Lipinski definition) is 1. The van der Waals surface area contributed by atoms with E-state index in [1.165, 1.54) is 12.5 Å². The van der Waals surface area contributed by atoms with Crippen molar-refractivity contribution in [1.29, 1.82) is 0 Å². The molecule has 172 valence electrons. The van der Waals surface area contributed by atoms with Gasteiger partial charge in [0.1, 0.15) is 18.0 Å². The van der Waals surface area contributed by atoms with Gasteiger partial charge in [-0.25, -0.2) is 0 Å². The molecule has 2 fully saturated rings. The van der Waals surface area contributed by atoms with Crippen molar-refractivity contribution in [3.8, 4) is 0 Å². The molecule has 0 unspecified atom stereocenters. The van der Waals surface area contributed by atoms with Gasteiger partial charge < -0.3 is 14.8 Å². The molecule has 0 aromatic heterocycles. The van der Waals surface area contributed by atoms with Gasteiger partial charge in [0.2, 0.25) is 0 Å². The van der Waals surface area contributed by atoms with Crippen molar-refractivity contribution in [1.82, 2.24) is 0 Å². The highest BCUT2D eigenvalue weighted by Gasteiger charge is 2.58. The van der Waals surface area contributed by atoms with Gasteiger partial charge in [-0.2, -0.15) is 0 Å². The van der Waals surface area contributed by atoms with Crippen molar-refractivity contribution in [2.24, 2.45) is 5.41 Å². The first-order valence-electron chi connectivity index (χ1n) is 11.2. The highest BCUT2D eigenvalue weighted by Crippen LogP contribution is 2.47. The molecule has 1 heterocycles. The fraction of sp³-hybridized carbons (Fsp3) is 0.500. The van der Waals surface area contributed by atoms with E-state index >= 15 is 0 Å². The number of Topliss-reactive ketones (excluding diaryl/α,β-unsaturated/α-hetero) is 1. The average molecular weight is 440 g/mol. The molecule has 1 aliphatic heterocycles. The molecule has 6 nitrogen and oxygen atoms in total. The molecule has 4 atom stereocenters. The molecule has 6 heteroatoms. The molecule has 1 spiro atoms. The number of anilines is 1. The third-order valence-corrected chi connectivity index (χ3v) is 6.21. The minimum Gasteiger partial charge on any atom is -0.460 e. The Morgan fingerprint density at radius 1 is 1.19 bits per heavy atom. The molecule has 2 aliphatic rings. The predicted molar refractivity (Wildman–Crippen MR) is 123 cm³/mol. The van der Waals surface area contributed by atoms with Crippen LogP contribution in [0.25, 0.3) is 0 Å². The van der Waals surface area contributed by atoms with E-state index in [0.29, 0.717) is 0 Å². The maximum absolute atomic E-state index is 13.4. The molecule has 0 bridgehead atoms. The fourth-order valence-electron chi connectivity index (χ4n) is 4.60. The van der Waals surface area contributed by atoms with Crippen LogP contribution >= 0.6 is 0 Å². The number of ketones is 1. The van der Waals surface area contributed by atoms with Crippen molar-refractivity contribution in [3.05, 3.63) is 53.6 Å². The summed E-state index contributed by atoms with van der Waals surface area (Å²) in [5.74, 6) is -0.819. The summed E-state index contributed by atoms with van der Waals surface area (Å²) in [6.45, 7) is 7.48. The van der Waals surface area contributed by atoms with Crippen LogP contribution in [0, 0.1) is 5.41 Å². The number of ether oxygens (including phenoxy) is 2. The van der Waals surface area contributed by atoms with Crippen molar-refractivity contribution in [2.75, 3.05) is 5.32 Å². The predicted octanol–water partition coefficient (Wildman–Crippen LogP) is 4.76. The first-order valence-corrected chi connectivity index (χ1v) is 11.2. The zero-order chi connectivity index (χ0) is 23.3. The number of hydrogen-bond acceptors (Lipinski definition) is 6. The second kappa shape index (κ2) is 10.2. The molecule has 0 radical (unpaired) electrons. The molecule has 0 amide bonds. The summed E-state index contributed by atoms with van der Waals surface area (Å²) in [6.07, 6.45) is 5.05. The lowest BCUT2D eigenvalue weighted by Gasteiger charge is -2.42. The summed E-state index contributed by atoms with van der Waals surface area (Å²) in [5.41, 5.74) is 2.18. The molecule has 1 aromatic carbocycles. The monoisotopic (exact) mass is 439 g/mol. The van der Waals surface area contributed by atoms with Crippen molar-refractivity contribution in [3.63, 3.8) is 0 Å². The smallest absolute Gasteiger partial charge is 0.307 e. The normalized spacial score (nSPS) is 27.8. The average Bonchev–Trinajstić information content (AvgIpc) is 3.01. The van der Waals surface area contributed by atoms with Crippen LogP contribution in [0.15, 0.2) is 53.6 Å². The number of cyclic esters (lactones) is 1. The van der Waals surface area contributed by atoms with Crippen LogP contribution in [0.1, 0.15) is 59.8 Å². The van der Waals surface area contributed by atoms with Crippen LogP contribution in [0.3, 0.4) is 0 Å². The number of para-hydroxylation sites is 1. The first-order chi connectivity index (χ1) is 15.2. The van der Waals surface area contributed by atoms with E-state index in [9.17, 15) is 14.4 Å². The number of carbonyl (C=O) groups is 3. The van der Waals surface area contributed by atoms with E-state index in [1.54, 1.807) is 0 Å². The summed E-state index contributed by atoms with van der Waals surface area (Å²) in [4.78, 5) is 37.6. The van der Waals surface area contributed by atoms with Crippen LogP contribution in [0.5, 0.6) is 0 Å². The van der Waals surface area contributed by atoms with Gasteiger partial charge in [-0.05, 0) is 51.8 Å². The minimum atomic E-state index is -0.996. The van der Waals surface area contributed by atoms with Crippen LogP contribution in [-0.2, 0) is 23.9 Å². The summed E-state index contributed by atoms with van der Waals surface area (Å²) >= 11 is 0. The fourth-order valence-corrected chi connectivity index (χ4v) is 4.60. The maximum Gasteiger partial charge on any atom is 0.307 e. The van der Waals surface area contributed by atoms with Crippen LogP contribution in [-0.4, -0.2) is 36.0 Å². The Kier molecular flexibility index (Phi) is 7.54. The van der Waals surface area contributed by atoms with Gasteiger partial charge in [0, 0.05) is 25.5 Å².